The van der Waals surface area contributed by atoms with Crippen molar-refractivity contribution in [1.82, 2.24) is 0 Å². The maximum absolute atomic E-state index is 8.80. The predicted molar refractivity (Wildman–Crippen MR) is 46.9 cm³/mol. The van der Waals surface area contributed by atoms with Gasteiger partial charge in [0.25, 0.3) is 0 Å². The van der Waals surface area contributed by atoms with E-state index >= 15 is 0 Å². The summed E-state index contributed by atoms with van der Waals surface area (Å²) in [6, 6.07) is 8.94. The topological polar surface area (TPSA) is 44.0 Å². The second kappa shape index (κ2) is 4.10. The van der Waals surface area contributed by atoms with E-state index in [0.717, 1.165) is 5.56 Å². The summed E-state index contributed by atoms with van der Waals surface area (Å²) in [6.07, 6.45) is 0. The molecule has 0 bridgehead atoms. The monoisotopic (exact) mass is 181 g/mol. The lowest BCUT2D eigenvalue weighted by Gasteiger charge is -2.04. The Labute approximate surface area is 76.0 Å². The fourth-order valence-electron chi connectivity index (χ4n) is 0.944. The first kappa shape index (κ1) is 9.05. The summed E-state index contributed by atoms with van der Waals surface area (Å²) in [4.78, 5) is 0. The average molecular weight is 182 g/mol. The van der Waals surface area contributed by atoms with Crippen LogP contribution in [0, 0.1) is 11.3 Å². The van der Waals surface area contributed by atoms with E-state index in [-0.39, 0.29) is 6.61 Å². The van der Waals surface area contributed by atoms with Gasteiger partial charge in [-0.1, -0.05) is 23.7 Å². The molecule has 1 N–H and O–H groups in total. The largest absolute Gasteiger partial charge is 0.395 e. The van der Waals surface area contributed by atoms with Crippen LogP contribution in [0.5, 0.6) is 0 Å². The van der Waals surface area contributed by atoms with E-state index in [1.165, 1.54) is 0 Å². The molecule has 0 saturated heterocycles. The highest BCUT2D eigenvalue weighted by Gasteiger charge is 2.08. The maximum Gasteiger partial charge on any atom is 0.0944 e. The Morgan fingerprint density at radius 1 is 1.58 bits per heavy atom. The summed E-state index contributed by atoms with van der Waals surface area (Å²) in [7, 11) is 0. The van der Waals surface area contributed by atoms with Crippen LogP contribution in [0.2, 0.25) is 5.02 Å². The van der Waals surface area contributed by atoms with Crippen LogP contribution in [0.1, 0.15) is 11.5 Å². The van der Waals surface area contributed by atoms with Crippen LogP contribution < -0.4 is 0 Å². The zero-order valence-electron chi connectivity index (χ0n) is 6.37. The Morgan fingerprint density at radius 3 is 2.83 bits per heavy atom. The number of aliphatic hydroxyl groups is 1. The molecule has 1 atom stereocenters. The Hall–Kier alpha value is -1.04. The van der Waals surface area contributed by atoms with E-state index in [1.54, 1.807) is 24.3 Å². The van der Waals surface area contributed by atoms with E-state index in [0.29, 0.717) is 5.02 Å². The van der Waals surface area contributed by atoms with Crippen molar-refractivity contribution in [3.63, 3.8) is 0 Å². The Kier molecular flexibility index (Phi) is 3.09. The zero-order chi connectivity index (χ0) is 8.97. The van der Waals surface area contributed by atoms with Crippen molar-refractivity contribution < 1.29 is 5.11 Å². The third-order valence-corrected chi connectivity index (χ3v) is 1.82. The number of rotatable bonds is 2. The number of hydrogen-bond donors (Lipinski definition) is 1. The molecule has 1 rings (SSSR count). The van der Waals surface area contributed by atoms with Crippen LogP contribution >= 0.6 is 11.6 Å². The third-order valence-electron chi connectivity index (χ3n) is 1.59. The van der Waals surface area contributed by atoms with Crippen LogP contribution in [-0.4, -0.2) is 11.7 Å². The Morgan fingerprint density at radius 2 is 2.33 bits per heavy atom. The van der Waals surface area contributed by atoms with Crippen molar-refractivity contribution in [1.29, 1.82) is 5.26 Å². The third kappa shape index (κ3) is 1.97. The van der Waals surface area contributed by atoms with Gasteiger partial charge in [-0.15, -0.1) is 0 Å². The lowest BCUT2D eigenvalue weighted by Crippen LogP contribution is -2.00. The van der Waals surface area contributed by atoms with Crippen molar-refractivity contribution >= 4 is 11.6 Å². The Bertz CT molecular complexity index is 306. The second-order valence-corrected chi connectivity index (χ2v) is 2.86. The van der Waals surface area contributed by atoms with Gasteiger partial charge < -0.3 is 5.11 Å². The number of nitrogens with zero attached hydrogens (tertiary/aromatic N) is 1. The second-order valence-electron chi connectivity index (χ2n) is 2.42. The summed E-state index contributed by atoms with van der Waals surface area (Å²) in [6.45, 7) is -0.170. The van der Waals surface area contributed by atoms with Crippen molar-refractivity contribution in [3.8, 4) is 6.07 Å². The van der Waals surface area contributed by atoms with Gasteiger partial charge in [0.2, 0.25) is 0 Å². The lowest BCUT2D eigenvalue weighted by atomic mass is 10.0. The van der Waals surface area contributed by atoms with E-state index in [9.17, 15) is 0 Å². The molecule has 1 unspecified atom stereocenters. The summed E-state index contributed by atoms with van der Waals surface area (Å²) in [5.74, 6) is -0.469. The smallest absolute Gasteiger partial charge is 0.0944 e. The highest BCUT2D eigenvalue weighted by atomic mass is 35.5. The van der Waals surface area contributed by atoms with Crippen LogP contribution in [0.4, 0.5) is 0 Å². The molecule has 12 heavy (non-hydrogen) atoms. The first-order valence-corrected chi connectivity index (χ1v) is 3.91. The lowest BCUT2D eigenvalue weighted by molar-refractivity contribution is 0.286. The van der Waals surface area contributed by atoms with E-state index in [1.807, 2.05) is 6.07 Å². The van der Waals surface area contributed by atoms with Gasteiger partial charge in [0.05, 0.1) is 18.6 Å². The minimum absolute atomic E-state index is 0.170. The molecule has 1 aromatic carbocycles. The molecule has 0 aliphatic rings. The molecule has 0 saturated carbocycles. The number of halogens is 1. The molecule has 2 nitrogen and oxygen atoms in total. The summed E-state index contributed by atoms with van der Waals surface area (Å²) < 4.78 is 0. The van der Waals surface area contributed by atoms with Gasteiger partial charge in [0, 0.05) is 5.02 Å². The SMILES string of the molecule is N#CC(CO)c1cccc(Cl)c1. The van der Waals surface area contributed by atoms with Crippen molar-refractivity contribution in [3.05, 3.63) is 34.9 Å². The molecule has 0 radical (unpaired) electrons. The van der Waals surface area contributed by atoms with E-state index in [4.69, 9.17) is 22.0 Å². The van der Waals surface area contributed by atoms with Gasteiger partial charge in [-0.2, -0.15) is 5.26 Å². The number of hydrogen-bond acceptors (Lipinski definition) is 2. The van der Waals surface area contributed by atoms with Gasteiger partial charge in [-0.25, -0.2) is 0 Å². The summed E-state index contributed by atoms with van der Waals surface area (Å²) in [5.41, 5.74) is 0.757. The minimum atomic E-state index is -0.469. The first-order chi connectivity index (χ1) is 5.77. The molecular formula is C9H8ClNO. The predicted octanol–water partition coefficient (Wildman–Crippen LogP) is 1.94. The van der Waals surface area contributed by atoms with Crippen LogP contribution in [-0.2, 0) is 0 Å². The summed E-state index contributed by atoms with van der Waals surface area (Å²) >= 11 is 5.71. The van der Waals surface area contributed by atoms with Gasteiger partial charge >= 0.3 is 0 Å². The van der Waals surface area contributed by atoms with E-state index in [2.05, 4.69) is 0 Å². The molecule has 62 valence electrons. The van der Waals surface area contributed by atoms with Crippen molar-refractivity contribution in [2.24, 2.45) is 0 Å². The molecule has 0 heterocycles. The van der Waals surface area contributed by atoms with Crippen LogP contribution in [0.25, 0.3) is 0 Å². The molecule has 0 aromatic heterocycles. The molecule has 0 amide bonds. The molecule has 1 aromatic rings. The number of nitriles is 1. The standard InChI is InChI=1S/C9H8ClNO/c10-9-3-1-2-7(4-9)8(5-11)6-12/h1-4,8,12H,6H2. The maximum atomic E-state index is 8.80. The Balaban J connectivity index is 2.95. The van der Waals surface area contributed by atoms with Crippen molar-refractivity contribution in [2.45, 2.75) is 5.92 Å². The minimum Gasteiger partial charge on any atom is -0.395 e. The van der Waals surface area contributed by atoms with Crippen LogP contribution in [0.3, 0.4) is 0 Å². The molecule has 3 heteroatoms. The molecular weight excluding hydrogens is 174 g/mol. The number of benzene rings is 1. The highest BCUT2D eigenvalue weighted by molar-refractivity contribution is 6.30. The average Bonchev–Trinajstić information content (AvgIpc) is 2.07. The fraction of sp³-hybridized carbons (Fsp3) is 0.222. The van der Waals surface area contributed by atoms with Crippen LogP contribution in [0.15, 0.2) is 24.3 Å². The molecule has 0 fully saturated rings. The van der Waals surface area contributed by atoms with Gasteiger partial charge in [0.15, 0.2) is 0 Å². The molecule has 0 aliphatic carbocycles. The number of aliphatic hydroxyl groups excluding tert-OH is 1. The zero-order valence-corrected chi connectivity index (χ0v) is 7.12. The highest BCUT2D eigenvalue weighted by Crippen LogP contribution is 2.18. The molecule has 0 aliphatic heterocycles. The fourth-order valence-corrected chi connectivity index (χ4v) is 1.14. The van der Waals surface area contributed by atoms with Gasteiger partial charge in [0.1, 0.15) is 0 Å². The normalized spacial score (nSPS) is 12.1. The van der Waals surface area contributed by atoms with E-state index < -0.39 is 5.92 Å². The summed E-state index contributed by atoms with van der Waals surface area (Å²) in [5, 5.41) is 18.0. The van der Waals surface area contributed by atoms with Gasteiger partial charge in [-0.3, -0.25) is 0 Å². The first-order valence-electron chi connectivity index (χ1n) is 3.54. The quantitative estimate of drug-likeness (QED) is 0.758. The van der Waals surface area contributed by atoms with Crippen molar-refractivity contribution in [2.75, 3.05) is 6.61 Å². The molecule has 0 spiro atoms. The van der Waals surface area contributed by atoms with Gasteiger partial charge in [-0.05, 0) is 17.7 Å².